The van der Waals surface area contributed by atoms with E-state index in [1.54, 1.807) is 6.20 Å². The molecule has 1 saturated heterocycles. The van der Waals surface area contributed by atoms with Gasteiger partial charge in [-0.25, -0.2) is 4.98 Å². The maximum atomic E-state index is 5.72. The minimum atomic E-state index is 0.576. The van der Waals surface area contributed by atoms with Crippen molar-refractivity contribution in [3.8, 4) is 0 Å². The number of pyridine rings is 1. The normalized spacial score (nSPS) is 22.4. The Kier molecular flexibility index (Phi) is 3.01. The smallest absolute Gasteiger partial charge is 0.131 e. The van der Waals surface area contributed by atoms with Crippen LogP contribution in [0.3, 0.4) is 0 Å². The van der Waals surface area contributed by atoms with Crippen LogP contribution in [0.4, 0.5) is 11.5 Å². The molecule has 88 valence electrons. The molecule has 1 unspecified atom stereocenters. The van der Waals surface area contributed by atoms with Gasteiger partial charge in [-0.2, -0.15) is 0 Å². The summed E-state index contributed by atoms with van der Waals surface area (Å²) in [6.07, 6.45) is 1.74. The first kappa shape index (κ1) is 11.2. The second kappa shape index (κ2) is 4.29. The van der Waals surface area contributed by atoms with Crippen molar-refractivity contribution in [1.29, 1.82) is 0 Å². The van der Waals surface area contributed by atoms with E-state index in [9.17, 15) is 0 Å². The first-order valence-corrected chi connectivity index (χ1v) is 5.75. The number of anilines is 2. The molecule has 2 rings (SSSR count). The van der Waals surface area contributed by atoms with Crippen molar-refractivity contribution in [2.75, 3.05) is 37.3 Å². The van der Waals surface area contributed by atoms with Gasteiger partial charge in [0, 0.05) is 25.7 Å². The molecule has 1 aromatic rings. The fraction of sp³-hybridized carbons (Fsp3) is 0.583. The Labute approximate surface area is 97.1 Å². The van der Waals surface area contributed by atoms with Gasteiger partial charge in [-0.1, -0.05) is 0 Å². The lowest BCUT2D eigenvalue weighted by atomic mass is 10.2. The Morgan fingerprint density at radius 1 is 1.44 bits per heavy atom. The average molecular weight is 220 g/mol. The number of likely N-dealkylation sites (N-methyl/N-ethyl adjacent to an activating group) is 1. The highest BCUT2D eigenvalue weighted by Gasteiger charge is 2.22. The first-order valence-electron chi connectivity index (χ1n) is 5.75. The SMILES string of the molecule is Cc1cc(N)cnc1N1CCN(C)C(C)C1. The second-order valence-electron chi connectivity index (χ2n) is 4.68. The summed E-state index contributed by atoms with van der Waals surface area (Å²) in [6.45, 7) is 7.49. The van der Waals surface area contributed by atoms with Gasteiger partial charge in [0.2, 0.25) is 0 Å². The molecule has 1 aromatic heterocycles. The molecule has 4 heteroatoms. The zero-order chi connectivity index (χ0) is 11.7. The van der Waals surface area contributed by atoms with E-state index in [4.69, 9.17) is 5.73 Å². The lowest BCUT2D eigenvalue weighted by molar-refractivity contribution is 0.233. The van der Waals surface area contributed by atoms with Crippen molar-refractivity contribution in [3.05, 3.63) is 17.8 Å². The molecule has 0 aromatic carbocycles. The van der Waals surface area contributed by atoms with E-state index >= 15 is 0 Å². The molecule has 0 radical (unpaired) electrons. The molecule has 1 aliphatic rings. The van der Waals surface area contributed by atoms with Crippen LogP contribution in [0.15, 0.2) is 12.3 Å². The van der Waals surface area contributed by atoms with Gasteiger partial charge >= 0.3 is 0 Å². The molecular weight excluding hydrogens is 200 g/mol. The van der Waals surface area contributed by atoms with Gasteiger partial charge in [-0.3, -0.25) is 0 Å². The third-order valence-corrected chi connectivity index (χ3v) is 3.33. The summed E-state index contributed by atoms with van der Waals surface area (Å²) in [6, 6.07) is 2.57. The molecule has 0 saturated carbocycles. The van der Waals surface area contributed by atoms with Gasteiger partial charge in [0.1, 0.15) is 5.82 Å². The minimum absolute atomic E-state index is 0.576. The van der Waals surface area contributed by atoms with Crippen molar-refractivity contribution < 1.29 is 0 Å². The van der Waals surface area contributed by atoms with Crippen LogP contribution in [0.25, 0.3) is 0 Å². The molecule has 1 aliphatic heterocycles. The van der Waals surface area contributed by atoms with Crippen LogP contribution in [0.2, 0.25) is 0 Å². The lowest BCUT2D eigenvalue weighted by Gasteiger charge is -2.38. The zero-order valence-electron chi connectivity index (χ0n) is 10.3. The lowest BCUT2D eigenvalue weighted by Crippen LogP contribution is -2.50. The van der Waals surface area contributed by atoms with Crippen molar-refractivity contribution in [2.45, 2.75) is 19.9 Å². The Bertz CT molecular complexity index is 377. The van der Waals surface area contributed by atoms with E-state index in [0.717, 1.165) is 36.7 Å². The highest BCUT2D eigenvalue weighted by molar-refractivity contribution is 5.53. The third-order valence-electron chi connectivity index (χ3n) is 3.33. The fourth-order valence-corrected chi connectivity index (χ4v) is 2.16. The number of nitrogens with zero attached hydrogens (tertiary/aromatic N) is 3. The van der Waals surface area contributed by atoms with Crippen molar-refractivity contribution in [3.63, 3.8) is 0 Å². The van der Waals surface area contributed by atoms with E-state index in [0.29, 0.717) is 6.04 Å². The van der Waals surface area contributed by atoms with Gasteiger partial charge in [-0.05, 0) is 32.5 Å². The molecule has 0 amide bonds. The molecule has 0 bridgehead atoms. The summed E-state index contributed by atoms with van der Waals surface area (Å²) >= 11 is 0. The van der Waals surface area contributed by atoms with Gasteiger partial charge in [-0.15, -0.1) is 0 Å². The molecule has 16 heavy (non-hydrogen) atoms. The Hall–Kier alpha value is -1.29. The van der Waals surface area contributed by atoms with E-state index in [1.807, 2.05) is 6.07 Å². The fourth-order valence-electron chi connectivity index (χ4n) is 2.16. The molecular formula is C12H20N4. The summed E-state index contributed by atoms with van der Waals surface area (Å²) in [5.41, 5.74) is 7.62. The summed E-state index contributed by atoms with van der Waals surface area (Å²) in [4.78, 5) is 9.17. The number of piperazine rings is 1. The molecule has 2 N–H and O–H groups in total. The van der Waals surface area contributed by atoms with Crippen LogP contribution in [0, 0.1) is 6.92 Å². The highest BCUT2D eigenvalue weighted by atomic mass is 15.3. The number of hydrogen-bond acceptors (Lipinski definition) is 4. The Morgan fingerprint density at radius 3 is 2.81 bits per heavy atom. The summed E-state index contributed by atoms with van der Waals surface area (Å²) in [5.74, 6) is 1.08. The van der Waals surface area contributed by atoms with Crippen molar-refractivity contribution in [1.82, 2.24) is 9.88 Å². The van der Waals surface area contributed by atoms with Gasteiger partial charge in [0.25, 0.3) is 0 Å². The van der Waals surface area contributed by atoms with Crippen LogP contribution in [-0.2, 0) is 0 Å². The number of rotatable bonds is 1. The second-order valence-corrected chi connectivity index (χ2v) is 4.68. The van der Waals surface area contributed by atoms with Gasteiger partial charge in [0.15, 0.2) is 0 Å². The summed E-state index contributed by atoms with van der Waals surface area (Å²) < 4.78 is 0. The predicted octanol–water partition coefficient (Wildman–Crippen LogP) is 1.11. The number of aryl methyl sites for hydroxylation is 1. The molecule has 4 nitrogen and oxygen atoms in total. The Morgan fingerprint density at radius 2 is 2.19 bits per heavy atom. The van der Waals surface area contributed by atoms with Gasteiger partial charge in [0.05, 0.1) is 11.9 Å². The number of hydrogen-bond donors (Lipinski definition) is 1. The highest BCUT2D eigenvalue weighted by Crippen LogP contribution is 2.21. The van der Waals surface area contributed by atoms with Crippen LogP contribution < -0.4 is 10.6 Å². The number of nitrogen functional groups attached to an aromatic ring is 1. The van der Waals surface area contributed by atoms with Crippen LogP contribution in [0.5, 0.6) is 0 Å². The number of aromatic nitrogens is 1. The van der Waals surface area contributed by atoms with E-state index in [-0.39, 0.29) is 0 Å². The van der Waals surface area contributed by atoms with Gasteiger partial charge < -0.3 is 15.5 Å². The van der Waals surface area contributed by atoms with E-state index in [2.05, 4.69) is 35.7 Å². The zero-order valence-corrected chi connectivity index (χ0v) is 10.3. The molecule has 2 heterocycles. The van der Waals surface area contributed by atoms with Crippen molar-refractivity contribution >= 4 is 11.5 Å². The monoisotopic (exact) mass is 220 g/mol. The molecule has 1 atom stereocenters. The van der Waals surface area contributed by atoms with Crippen LogP contribution in [0.1, 0.15) is 12.5 Å². The molecule has 1 fully saturated rings. The largest absolute Gasteiger partial charge is 0.397 e. The topological polar surface area (TPSA) is 45.4 Å². The van der Waals surface area contributed by atoms with Crippen LogP contribution >= 0.6 is 0 Å². The predicted molar refractivity (Wildman–Crippen MR) is 67.7 cm³/mol. The standard InChI is InChI=1S/C12H20N4/c1-9-6-11(13)7-14-12(9)16-5-4-15(3)10(2)8-16/h6-7,10H,4-5,8,13H2,1-3H3. The van der Waals surface area contributed by atoms with Crippen molar-refractivity contribution in [2.24, 2.45) is 0 Å². The number of nitrogens with two attached hydrogens (primary N) is 1. The van der Waals surface area contributed by atoms with E-state index in [1.165, 1.54) is 0 Å². The molecule has 0 aliphatic carbocycles. The summed E-state index contributed by atoms with van der Waals surface area (Å²) in [5, 5.41) is 0. The quantitative estimate of drug-likeness (QED) is 0.770. The first-order chi connectivity index (χ1) is 7.58. The molecule has 0 spiro atoms. The summed E-state index contributed by atoms with van der Waals surface area (Å²) in [7, 11) is 2.17. The Balaban J connectivity index is 2.18. The van der Waals surface area contributed by atoms with E-state index < -0.39 is 0 Å². The third kappa shape index (κ3) is 2.11. The van der Waals surface area contributed by atoms with Crippen LogP contribution in [-0.4, -0.2) is 42.6 Å². The maximum Gasteiger partial charge on any atom is 0.131 e. The maximum absolute atomic E-state index is 5.72. The minimum Gasteiger partial charge on any atom is -0.397 e. The average Bonchev–Trinajstić information content (AvgIpc) is 2.22.